The maximum Gasteiger partial charge on any atom is 0.185 e. The van der Waals surface area contributed by atoms with E-state index in [9.17, 15) is 4.39 Å². The van der Waals surface area contributed by atoms with E-state index in [1.165, 1.54) is 23.9 Å². The number of methoxy groups -OCH3 is 1. The van der Waals surface area contributed by atoms with Gasteiger partial charge in [-0.05, 0) is 54.1 Å². The molecular weight excluding hydrogens is 351 g/mol. The van der Waals surface area contributed by atoms with Crippen LogP contribution in [0.15, 0.2) is 65.7 Å². The van der Waals surface area contributed by atoms with Gasteiger partial charge in [0.25, 0.3) is 0 Å². The second-order valence-electron chi connectivity index (χ2n) is 5.61. The Morgan fingerprint density at radius 1 is 1.04 bits per heavy atom. The van der Waals surface area contributed by atoms with Gasteiger partial charge in [-0.1, -0.05) is 23.9 Å². The largest absolute Gasteiger partial charge is 0.497 e. The molecule has 0 atom stereocenters. The fourth-order valence-electron chi connectivity index (χ4n) is 2.55. The zero-order valence-electron chi connectivity index (χ0n) is 14.0. The molecule has 2 aromatic heterocycles. The summed E-state index contributed by atoms with van der Waals surface area (Å²) in [7, 11) is 1.63. The van der Waals surface area contributed by atoms with Crippen molar-refractivity contribution in [1.82, 2.24) is 19.8 Å². The van der Waals surface area contributed by atoms with Crippen molar-refractivity contribution in [3.05, 3.63) is 72.0 Å². The predicted molar refractivity (Wildman–Crippen MR) is 98.7 cm³/mol. The first kappa shape index (κ1) is 16.5. The van der Waals surface area contributed by atoms with Crippen LogP contribution in [0, 0.1) is 5.82 Å². The summed E-state index contributed by atoms with van der Waals surface area (Å²) in [6.07, 6.45) is 0. The highest BCUT2D eigenvalue weighted by Gasteiger charge is 2.10. The van der Waals surface area contributed by atoms with E-state index >= 15 is 0 Å². The molecule has 0 unspecified atom stereocenters. The van der Waals surface area contributed by atoms with Gasteiger partial charge in [-0.2, -0.15) is 9.61 Å². The van der Waals surface area contributed by atoms with Gasteiger partial charge in [-0.3, -0.25) is 0 Å². The number of thioether (sulfide) groups is 1. The summed E-state index contributed by atoms with van der Waals surface area (Å²) in [5, 5.41) is 13.8. The summed E-state index contributed by atoms with van der Waals surface area (Å²) in [4.78, 5) is 0. The third kappa shape index (κ3) is 3.39. The Morgan fingerprint density at radius 2 is 1.88 bits per heavy atom. The van der Waals surface area contributed by atoms with Crippen LogP contribution < -0.4 is 4.74 Å². The molecule has 5 nitrogen and oxygen atoms in total. The Balaban J connectivity index is 1.61. The molecule has 0 fully saturated rings. The summed E-state index contributed by atoms with van der Waals surface area (Å²) in [6, 6.07) is 17.9. The van der Waals surface area contributed by atoms with Gasteiger partial charge in [0.1, 0.15) is 16.6 Å². The topological polar surface area (TPSA) is 52.3 Å². The summed E-state index contributed by atoms with van der Waals surface area (Å²) in [5.41, 5.74) is 2.49. The minimum atomic E-state index is -0.230. The molecule has 0 saturated heterocycles. The van der Waals surface area contributed by atoms with Gasteiger partial charge in [-0.15, -0.1) is 10.2 Å². The minimum Gasteiger partial charge on any atom is -0.497 e. The van der Waals surface area contributed by atoms with Crippen LogP contribution in [0.25, 0.3) is 17.0 Å². The number of nitrogens with zero attached hydrogens (tertiary/aromatic N) is 4. The molecule has 0 aliphatic carbocycles. The van der Waals surface area contributed by atoms with Crippen molar-refractivity contribution >= 4 is 17.4 Å². The SMILES string of the molecule is COc1ccc(-c2nnc3ccc(SCc4cccc(F)c4)nn23)cc1. The van der Waals surface area contributed by atoms with Crippen LogP contribution in [0.3, 0.4) is 0 Å². The summed E-state index contributed by atoms with van der Waals surface area (Å²) >= 11 is 1.54. The van der Waals surface area contributed by atoms with Gasteiger partial charge in [-0.25, -0.2) is 4.39 Å². The van der Waals surface area contributed by atoms with E-state index in [1.807, 2.05) is 42.5 Å². The molecule has 0 bridgehead atoms. The van der Waals surface area contributed by atoms with Crippen molar-refractivity contribution in [2.45, 2.75) is 10.8 Å². The molecule has 0 aliphatic rings. The predicted octanol–water partition coefficient (Wildman–Crippen LogP) is 4.23. The van der Waals surface area contributed by atoms with E-state index in [0.717, 1.165) is 21.9 Å². The van der Waals surface area contributed by atoms with E-state index < -0.39 is 0 Å². The van der Waals surface area contributed by atoms with E-state index in [4.69, 9.17) is 4.74 Å². The van der Waals surface area contributed by atoms with Crippen LogP contribution in [0.1, 0.15) is 5.56 Å². The number of rotatable bonds is 5. The summed E-state index contributed by atoms with van der Waals surface area (Å²) in [5.74, 6) is 1.85. The number of fused-ring (bicyclic) bond motifs is 1. The highest BCUT2D eigenvalue weighted by molar-refractivity contribution is 7.98. The summed E-state index contributed by atoms with van der Waals surface area (Å²) < 4.78 is 20.2. The van der Waals surface area contributed by atoms with Crippen LogP contribution in [0.2, 0.25) is 0 Å². The Bertz CT molecular complexity index is 1050. The Morgan fingerprint density at radius 3 is 2.65 bits per heavy atom. The third-order valence-corrected chi connectivity index (χ3v) is 4.85. The number of aromatic nitrogens is 4. The molecule has 0 radical (unpaired) electrons. The van der Waals surface area contributed by atoms with Crippen LogP contribution >= 0.6 is 11.8 Å². The Kier molecular flexibility index (Phi) is 4.53. The maximum atomic E-state index is 13.3. The lowest BCUT2D eigenvalue weighted by molar-refractivity contribution is 0.415. The number of hydrogen-bond acceptors (Lipinski definition) is 5. The normalized spacial score (nSPS) is 11.0. The summed E-state index contributed by atoms with van der Waals surface area (Å²) in [6.45, 7) is 0. The first-order chi connectivity index (χ1) is 12.7. The smallest absolute Gasteiger partial charge is 0.185 e. The van der Waals surface area contributed by atoms with Crippen LogP contribution in [0.4, 0.5) is 4.39 Å². The Hall–Kier alpha value is -2.93. The molecule has 4 rings (SSSR count). The average molecular weight is 366 g/mol. The van der Waals surface area contributed by atoms with Crippen LogP contribution in [0.5, 0.6) is 5.75 Å². The number of benzene rings is 2. The van der Waals surface area contributed by atoms with Crippen LogP contribution in [-0.4, -0.2) is 26.9 Å². The first-order valence-electron chi connectivity index (χ1n) is 7.97. The lowest BCUT2D eigenvalue weighted by Gasteiger charge is -2.04. The number of ether oxygens (including phenoxy) is 1. The van der Waals surface area contributed by atoms with Gasteiger partial charge in [0.2, 0.25) is 0 Å². The number of halogens is 1. The zero-order chi connectivity index (χ0) is 17.9. The molecule has 0 aliphatic heterocycles. The van der Waals surface area contributed by atoms with Gasteiger partial charge in [0.15, 0.2) is 11.5 Å². The standard InChI is InChI=1S/C19H15FN4OS/c1-25-16-7-5-14(6-8-16)19-22-21-17-9-10-18(23-24(17)19)26-12-13-3-2-4-15(20)11-13/h2-11H,12H2,1H3. The van der Waals surface area contributed by atoms with E-state index in [-0.39, 0.29) is 5.82 Å². The molecular formula is C19H15FN4OS. The molecule has 0 saturated carbocycles. The monoisotopic (exact) mass is 366 g/mol. The van der Waals surface area contributed by atoms with Gasteiger partial charge < -0.3 is 4.74 Å². The lowest BCUT2D eigenvalue weighted by atomic mass is 10.2. The molecule has 26 heavy (non-hydrogen) atoms. The first-order valence-corrected chi connectivity index (χ1v) is 8.95. The fraction of sp³-hybridized carbons (Fsp3) is 0.105. The van der Waals surface area contributed by atoms with Crippen molar-refractivity contribution in [2.75, 3.05) is 7.11 Å². The quantitative estimate of drug-likeness (QED) is 0.495. The lowest BCUT2D eigenvalue weighted by Crippen LogP contribution is -1.97. The highest BCUT2D eigenvalue weighted by Crippen LogP contribution is 2.24. The molecule has 2 heterocycles. The van der Waals surface area contributed by atoms with Crippen molar-refractivity contribution in [3.8, 4) is 17.1 Å². The second-order valence-corrected chi connectivity index (χ2v) is 6.61. The molecule has 7 heteroatoms. The van der Waals surface area contributed by atoms with Crippen LogP contribution in [-0.2, 0) is 5.75 Å². The average Bonchev–Trinajstić information content (AvgIpc) is 3.10. The van der Waals surface area contributed by atoms with Crippen molar-refractivity contribution in [2.24, 2.45) is 0 Å². The minimum absolute atomic E-state index is 0.230. The van der Waals surface area contributed by atoms with E-state index in [0.29, 0.717) is 17.2 Å². The molecule has 2 aromatic carbocycles. The highest BCUT2D eigenvalue weighted by atomic mass is 32.2. The fourth-order valence-corrected chi connectivity index (χ4v) is 3.35. The zero-order valence-corrected chi connectivity index (χ0v) is 14.8. The Labute approximate surface area is 153 Å². The molecule has 0 spiro atoms. The van der Waals surface area contributed by atoms with Gasteiger partial charge in [0.05, 0.1) is 7.11 Å². The van der Waals surface area contributed by atoms with E-state index in [2.05, 4.69) is 15.3 Å². The van der Waals surface area contributed by atoms with Crippen molar-refractivity contribution in [1.29, 1.82) is 0 Å². The molecule has 0 N–H and O–H groups in total. The second kappa shape index (κ2) is 7.13. The van der Waals surface area contributed by atoms with Gasteiger partial charge >= 0.3 is 0 Å². The maximum absolute atomic E-state index is 13.3. The third-order valence-electron chi connectivity index (χ3n) is 3.86. The molecule has 4 aromatic rings. The van der Waals surface area contributed by atoms with Gasteiger partial charge in [0, 0.05) is 11.3 Å². The van der Waals surface area contributed by atoms with Crippen molar-refractivity contribution in [3.63, 3.8) is 0 Å². The van der Waals surface area contributed by atoms with Crippen molar-refractivity contribution < 1.29 is 9.13 Å². The molecule has 0 amide bonds. The number of hydrogen-bond donors (Lipinski definition) is 0. The molecule has 130 valence electrons. The van der Waals surface area contributed by atoms with E-state index in [1.54, 1.807) is 17.7 Å².